The molecule has 0 heterocycles. The Hall–Kier alpha value is -1.47. The first-order valence-electron chi connectivity index (χ1n) is 10.7. The predicted octanol–water partition coefficient (Wildman–Crippen LogP) is 3.41. The number of carbonyl (C=O) groups is 1. The maximum atomic E-state index is 14.2. The van der Waals surface area contributed by atoms with Crippen LogP contribution < -0.4 is 0 Å². The standard InChI is InChI=1S/C22H29FN2O3S/c1-24(29(27,28)20-5-3-2-4-19(20)23)14-21(6-7-21)25(15-26)22-11-16-8-17(12-22)10-18(9-16)13-22/h2-5,15-18H,6-14H2,1H3. The number of benzene rings is 1. The summed E-state index contributed by atoms with van der Waals surface area (Å²) in [6, 6.07) is 5.49. The third-order valence-corrected chi connectivity index (χ3v) is 9.84. The third kappa shape index (κ3) is 3.03. The van der Waals surface area contributed by atoms with E-state index in [1.54, 1.807) is 0 Å². The second kappa shape index (κ2) is 6.51. The highest BCUT2D eigenvalue weighted by Crippen LogP contribution is 2.60. The Morgan fingerprint density at radius 2 is 1.62 bits per heavy atom. The Labute approximate surface area is 172 Å². The summed E-state index contributed by atoms with van der Waals surface area (Å²) in [7, 11) is -2.44. The van der Waals surface area contributed by atoms with E-state index in [1.165, 1.54) is 54.9 Å². The van der Waals surface area contributed by atoms with Crippen molar-refractivity contribution in [3.63, 3.8) is 0 Å². The molecule has 0 spiro atoms. The van der Waals surface area contributed by atoms with Gasteiger partial charge in [-0.05, 0) is 81.3 Å². The summed E-state index contributed by atoms with van der Waals surface area (Å²) < 4.78 is 41.4. The molecular weight excluding hydrogens is 391 g/mol. The van der Waals surface area contributed by atoms with E-state index in [0.717, 1.165) is 38.5 Å². The van der Waals surface area contributed by atoms with Gasteiger partial charge in [-0.3, -0.25) is 4.79 Å². The number of hydrogen-bond donors (Lipinski definition) is 0. The van der Waals surface area contributed by atoms with Gasteiger partial charge in [0.15, 0.2) is 0 Å². The summed E-state index contributed by atoms with van der Waals surface area (Å²) >= 11 is 0. The van der Waals surface area contributed by atoms with Gasteiger partial charge in [-0.15, -0.1) is 0 Å². The molecule has 0 unspecified atom stereocenters. The van der Waals surface area contributed by atoms with Gasteiger partial charge in [0.2, 0.25) is 16.4 Å². The van der Waals surface area contributed by atoms with E-state index in [9.17, 15) is 17.6 Å². The van der Waals surface area contributed by atoms with E-state index in [4.69, 9.17) is 0 Å². The Kier molecular flexibility index (Phi) is 4.38. The summed E-state index contributed by atoms with van der Waals surface area (Å²) in [5, 5.41) is 0. The minimum Gasteiger partial charge on any atom is -0.333 e. The first-order valence-corrected chi connectivity index (χ1v) is 12.2. The Balaban J connectivity index is 1.41. The molecule has 0 aromatic heterocycles. The number of halogens is 1. The lowest BCUT2D eigenvalue weighted by Crippen LogP contribution is -2.64. The molecular formula is C22H29FN2O3S. The monoisotopic (exact) mass is 420 g/mol. The molecule has 7 heteroatoms. The van der Waals surface area contributed by atoms with Crippen LogP contribution in [0, 0.1) is 23.6 Å². The van der Waals surface area contributed by atoms with Crippen molar-refractivity contribution in [3.05, 3.63) is 30.1 Å². The molecule has 5 fully saturated rings. The van der Waals surface area contributed by atoms with Crippen molar-refractivity contribution in [1.82, 2.24) is 9.21 Å². The maximum absolute atomic E-state index is 14.2. The quantitative estimate of drug-likeness (QED) is 0.635. The molecule has 1 amide bonds. The molecule has 6 rings (SSSR count). The summed E-state index contributed by atoms with van der Waals surface area (Å²) in [6.07, 6.45) is 9.66. The summed E-state index contributed by atoms with van der Waals surface area (Å²) in [5.41, 5.74) is -0.546. The molecule has 0 radical (unpaired) electrons. The average Bonchev–Trinajstić information content (AvgIpc) is 3.41. The molecule has 4 bridgehead atoms. The largest absolute Gasteiger partial charge is 0.333 e. The lowest BCUT2D eigenvalue weighted by molar-refractivity contribution is -0.146. The van der Waals surface area contributed by atoms with Crippen molar-refractivity contribution in [3.8, 4) is 0 Å². The average molecular weight is 421 g/mol. The minimum atomic E-state index is -3.94. The van der Waals surface area contributed by atoms with E-state index in [0.29, 0.717) is 17.8 Å². The number of rotatable bonds is 7. The lowest BCUT2D eigenvalue weighted by atomic mass is 9.52. The van der Waals surface area contributed by atoms with Crippen LogP contribution in [0.4, 0.5) is 4.39 Å². The van der Waals surface area contributed by atoms with Crippen LogP contribution in [-0.2, 0) is 14.8 Å². The van der Waals surface area contributed by atoms with Crippen LogP contribution in [0.25, 0.3) is 0 Å². The number of carbonyl (C=O) groups excluding carboxylic acids is 1. The van der Waals surface area contributed by atoms with Crippen molar-refractivity contribution in [1.29, 1.82) is 0 Å². The Morgan fingerprint density at radius 1 is 1.07 bits per heavy atom. The highest BCUT2D eigenvalue weighted by atomic mass is 32.2. The number of sulfonamides is 1. The van der Waals surface area contributed by atoms with Crippen molar-refractivity contribution < 1.29 is 17.6 Å². The van der Waals surface area contributed by atoms with E-state index in [2.05, 4.69) is 0 Å². The molecule has 29 heavy (non-hydrogen) atoms. The van der Waals surface area contributed by atoms with Crippen molar-refractivity contribution >= 4 is 16.4 Å². The van der Waals surface area contributed by atoms with Crippen LogP contribution in [0.2, 0.25) is 0 Å². The highest BCUT2D eigenvalue weighted by molar-refractivity contribution is 7.89. The Bertz CT molecular complexity index is 892. The number of likely N-dealkylation sites (N-methyl/N-ethyl adjacent to an activating group) is 1. The molecule has 5 aliphatic carbocycles. The fourth-order valence-electron chi connectivity index (χ4n) is 7.03. The molecule has 0 aliphatic heterocycles. The van der Waals surface area contributed by atoms with E-state index >= 15 is 0 Å². The molecule has 158 valence electrons. The maximum Gasteiger partial charge on any atom is 0.245 e. The molecule has 1 aromatic rings. The fraction of sp³-hybridized carbons (Fsp3) is 0.682. The molecule has 0 N–H and O–H groups in total. The van der Waals surface area contributed by atoms with E-state index in [1.807, 2.05) is 4.90 Å². The van der Waals surface area contributed by atoms with Gasteiger partial charge in [0.1, 0.15) is 10.7 Å². The van der Waals surface area contributed by atoms with Crippen LogP contribution >= 0.6 is 0 Å². The number of hydrogen-bond acceptors (Lipinski definition) is 3. The fourth-order valence-corrected chi connectivity index (χ4v) is 8.34. The van der Waals surface area contributed by atoms with Crippen LogP contribution in [0.1, 0.15) is 51.4 Å². The van der Waals surface area contributed by atoms with Crippen molar-refractivity contribution in [2.75, 3.05) is 13.6 Å². The van der Waals surface area contributed by atoms with Gasteiger partial charge in [-0.2, -0.15) is 4.31 Å². The molecule has 5 saturated carbocycles. The molecule has 1 aromatic carbocycles. The molecule has 0 atom stereocenters. The molecule has 0 saturated heterocycles. The topological polar surface area (TPSA) is 57.7 Å². The third-order valence-electron chi connectivity index (χ3n) is 8.00. The van der Waals surface area contributed by atoms with Crippen LogP contribution in [0.3, 0.4) is 0 Å². The smallest absolute Gasteiger partial charge is 0.245 e. The van der Waals surface area contributed by atoms with Crippen LogP contribution in [0.15, 0.2) is 29.2 Å². The predicted molar refractivity (Wildman–Crippen MR) is 107 cm³/mol. The van der Waals surface area contributed by atoms with Crippen molar-refractivity contribution in [2.24, 2.45) is 17.8 Å². The number of amides is 1. The van der Waals surface area contributed by atoms with Gasteiger partial charge >= 0.3 is 0 Å². The highest BCUT2D eigenvalue weighted by Gasteiger charge is 2.61. The SMILES string of the molecule is CN(CC1(N(C=O)C23CC4CC(CC(C4)C2)C3)CC1)S(=O)(=O)c1ccccc1F. The van der Waals surface area contributed by atoms with Gasteiger partial charge in [0.05, 0.1) is 5.54 Å². The van der Waals surface area contributed by atoms with Gasteiger partial charge in [-0.1, -0.05) is 12.1 Å². The molecule has 5 nitrogen and oxygen atoms in total. The first kappa shape index (κ1) is 19.5. The first-order chi connectivity index (χ1) is 13.8. The van der Waals surface area contributed by atoms with Crippen molar-refractivity contribution in [2.45, 2.75) is 67.3 Å². The summed E-state index contributed by atoms with van der Waals surface area (Å²) in [5.74, 6) is 1.38. The van der Waals surface area contributed by atoms with Gasteiger partial charge in [0.25, 0.3) is 0 Å². The second-order valence-corrected chi connectivity index (χ2v) is 12.0. The summed E-state index contributed by atoms with van der Waals surface area (Å²) in [6.45, 7) is 0.226. The zero-order valence-electron chi connectivity index (χ0n) is 16.9. The normalized spacial score (nSPS) is 34.4. The zero-order valence-corrected chi connectivity index (χ0v) is 17.7. The van der Waals surface area contributed by atoms with E-state index < -0.39 is 21.4 Å². The second-order valence-electron chi connectivity index (χ2n) is 10.0. The minimum absolute atomic E-state index is 0.102. The van der Waals surface area contributed by atoms with Gasteiger partial charge in [0, 0.05) is 19.1 Å². The number of nitrogens with zero attached hydrogens (tertiary/aromatic N) is 2. The Morgan fingerprint density at radius 3 is 2.10 bits per heavy atom. The van der Waals surface area contributed by atoms with Gasteiger partial charge < -0.3 is 4.90 Å². The van der Waals surface area contributed by atoms with E-state index in [-0.39, 0.29) is 17.0 Å². The van der Waals surface area contributed by atoms with Crippen LogP contribution in [0.5, 0.6) is 0 Å². The molecule has 5 aliphatic rings. The summed E-state index contributed by atoms with van der Waals surface area (Å²) in [4.78, 5) is 14.1. The van der Waals surface area contributed by atoms with Crippen LogP contribution in [-0.4, -0.2) is 48.7 Å². The van der Waals surface area contributed by atoms with Gasteiger partial charge in [-0.25, -0.2) is 12.8 Å². The lowest BCUT2D eigenvalue weighted by Gasteiger charge is -2.61. The zero-order chi connectivity index (χ0) is 20.4.